The van der Waals surface area contributed by atoms with Crippen LogP contribution in [0.15, 0.2) is 101 Å². The number of hydrogen-bond donors (Lipinski definition) is 2. The van der Waals surface area contributed by atoms with Crippen LogP contribution in [-0.4, -0.2) is 34.5 Å². The van der Waals surface area contributed by atoms with Crippen LogP contribution >= 0.6 is 0 Å². The van der Waals surface area contributed by atoms with Crippen molar-refractivity contribution in [2.24, 2.45) is 0 Å². The van der Waals surface area contributed by atoms with E-state index in [9.17, 15) is 14.7 Å². The van der Waals surface area contributed by atoms with E-state index in [2.05, 4.69) is 10.3 Å². The third-order valence-corrected chi connectivity index (χ3v) is 6.42. The van der Waals surface area contributed by atoms with Gasteiger partial charge in [-0.05, 0) is 43.2 Å². The number of nitrogens with zero attached hydrogens (tertiary/aromatic N) is 1. The van der Waals surface area contributed by atoms with E-state index in [1.165, 1.54) is 6.08 Å². The smallest absolute Gasteiger partial charge is 0.326 e. The summed E-state index contributed by atoms with van der Waals surface area (Å²) >= 11 is 0. The number of allylic oxidation sites excluding steroid dienone is 2. The molecule has 3 aromatic carbocycles. The number of rotatable bonds is 14. The first kappa shape index (κ1) is 28.4. The Morgan fingerprint density at radius 3 is 2.33 bits per heavy atom. The first-order chi connectivity index (χ1) is 19.4. The number of ether oxygens (including phenoxy) is 1. The summed E-state index contributed by atoms with van der Waals surface area (Å²) in [6, 6.07) is 25.2. The molecule has 7 nitrogen and oxygen atoms in total. The minimum atomic E-state index is -0.979. The Kier molecular flexibility index (Phi) is 9.88. The lowest BCUT2D eigenvalue weighted by molar-refractivity contribution is -0.139. The molecule has 0 aliphatic carbocycles. The van der Waals surface area contributed by atoms with E-state index in [4.69, 9.17) is 9.15 Å². The van der Waals surface area contributed by atoms with E-state index < -0.39 is 12.0 Å². The van der Waals surface area contributed by atoms with Gasteiger partial charge in [-0.1, -0.05) is 74.0 Å². The van der Waals surface area contributed by atoms with Gasteiger partial charge in [0.05, 0.1) is 12.3 Å². The van der Waals surface area contributed by atoms with Crippen molar-refractivity contribution in [3.8, 4) is 17.2 Å². The lowest BCUT2D eigenvalue weighted by Crippen LogP contribution is -2.38. The van der Waals surface area contributed by atoms with Crippen LogP contribution in [0.25, 0.3) is 11.5 Å². The quantitative estimate of drug-likeness (QED) is 0.141. The molecule has 1 unspecified atom stereocenters. The highest BCUT2D eigenvalue weighted by Gasteiger charge is 2.19. The number of aromatic nitrogens is 1. The molecule has 0 saturated heterocycles. The Morgan fingerprint density at radius 1 is 1.00 bits per heavy atom. The van der Waals surface area contributed by atoms with Gasteiger partial charge in [0.15, 0.2) is 5.78 Å². The van der Waals surface area contributed by atoms with E-state index in [1.54, 1.807) is 24.3 Å². The molecular formula is C33H34N2O5. The summed E-state index contributed by atoms with van der Waals surface area (Å²) in [5, 5.41) is 12.9. The van der Waals surface area contributed by atoms with Crippen LogP contribution in [0.4, 0.5) is 0 Å². The van der Waals surface area contributed by atoms with Gasteiger partial charge in [0.2, 0.25) is 5.89 Å². The van der Waals surface area contributed by atoms with Crippen molar-refractivity contribution in [3.63, 3.8) is 0 Å². The van der Waals surface area contributed by atoms with Crippen LogP contribution in [0.2, 0.25) is 0 Å². The van der Waals surface area contributed by atoms with Gasteiger partial charge in [-0.2, -0.15) is 0 Å². The van der Waals surface area contributed by atoms with Gasteiger partial charge in [-0.3, -0.25) is 4.79 Å². The number of benzene rings is 3. The molecule has 1 heterocycles. The number of carbonyl (C=O) groups excluding carboxylic acids is 1. The fourth-order valence-corrected chi connectivity index (χ4v) is 4.31. The van der Waals surface area contributed by atoms with E-state index in [0.717, 1.165) is 29.0 Å². The molecule has 2 N–H and O–H groups in total. The van der Waals surface area contributed by atoms with Crippen LogP contribution in [0.1, 0.15) is 47.1 Å². The largest absolute Gasteiger partial charge is 0.493 e. The molecular weight excluding hydrogens is 504 g/mol. The molecule has 0 aliphatic heterocycles. The zero-order valence-electron chi connectivity index (χ0n) is 22.8. The van der Waals surface area contributed by atoms with Crippen LogP contribution in [0.5, 0.6) is 5.75 Å². The van der Waals surface area contributed by atoms with E-state index in [-0.39, 0.29) is 12.2 Å². The minimum absolute atomic E-state index is 0.153. The summed E-state index contributed by atoms with van der Waals surface area (Å²) in [6.45, 7) is 4.32. The second kappa shape index (κ2) is 13.9. The number of carboxylic acids is 1. The van der Waals surface area contributed by atoms with Crippen LogP contribution in [-0.2, 0) is 17.6 Å². The van der Waals surface area contributed by atoms with Gasteiger partial charge in [-0.15, -0.1) is 0 Å². The first-order valence-corrected chi connectivity index (χ1v) is 13.5. The molecule has 206 valence electrons. The van der Waals surface area contributed by atoms with Crippen molar-refractivity contribution >= 4 is 11.8 Å². The molecule has 1 atom stereocenters. The Balaban J connectivity index is 1.33. The molecule has 1 aromatic heterocycles. The Labute approximate surface area is 234 Å². The van der Waals surface area contributed by atoms with Crippen molar-refractivity contribution in [1.82, 2.24) is 10.3 Å². The number of carbonyl (C=O) groups is 2. The summed E-state index contributed by atoms with van der Waals surface area (Å²) < 4.78 is 11.7. The molecule has 0 fully saturated rings. The second-order valence-electron chi connectivity index (χ2n) is 9.52. The highest BCUT2D eigenvalue weighted by Crippen LogP contribution is 2.22. The molecule has 0 bridgehead atoms. The molecule has 0 amide bonds. The highest BCUT2D eigenvalue weighted by molar-refractivity contribution is 6.04. The van der Waals surface area contributed by atoms with Gasteiger partial charge in [0.25, 0.3) is 0 Å². The maximum Gasteiger partial charge on any atom is 0.326 e. The number of nitrogens with one attached hydrogen (secondary N) is 1. The van der Waals surface area contributed by atoms with Crippen LogP contribution in [0.3, 0.4) is 0 Å². The number of aryl methyl sites for hydroxylation is 1. The van der Waals surface area contributed by atoms with Crippen molar-refractivity contribution in [3.05, 3.63) is 119 Å². The van der Waals surface area contributed by atoms with Crippen molar-refractivity contribution in [1.29, 1.82) is 0 Å². The van der Waals surface area contributed by atoms with E-state index in [1.807, 2.05) is 74.5 Å². The molecule has 0 saturated carbocycles. The highest BCUT2D eigenvalue weighted by atomic mass is 16.5. The summed E-state index contributed by atoms with van der Waals surface area (Å²) in [6.07, 6.45) is 3.72. The van der Waals surface area contributed by atoms with Crippen molar-refractivity contribution in [2.45, 2.75) is 45.6 Å². The SMILES string of the molecule is CCC/C(=C/C(=O)c1ccccc1)NC(Cc1ccc(OCCc2nc(-c3ccccc3)oc2C)cc1)C(=O)O. The number of oxazole rings is 1. The fourth-order valence-electron chi connectivity index (χ4n) is 4.31. The predicted octanol–water partition coefficient (Wildman–Crippen LogP) is 6.42. The normalized spacial score (nSPS) is 12.1. The molecule has 4 aromatic rings. The maximum atomic E-state index is 12.7. The second-order valence-corrected chi connectivity index (χ2v) is 9.52. The van der Waals surface area contributed by atoms with Gasteiger partial charge in [-0.25, -0.2) is 9.78 Å². The van der Waals surface area contributed by atoms with Crippen molar-refractivity contribution in [2.75, 3.05) is 6.61 Å². The predicted molar refractivity (Wildman–Crippen MR) is 154 cm³/mol. The number of carboxylic acid groups (broad SMARTS) is 1. The number of aliphatic carboxylic acids is 1. The van der Waals surface area contributed by atoms with Gasteiger partial charge in [0.1, 0.15) is 17.6 Å². The summed E-state index contributed by atoms with van der Waals surface area (Å²) in [5.74, 6) is 0.923. The van der Waals surface area contributed by atoms with Gasteiger partial charge in [0, 0.05) is 35.7 Å². The summed E-state index contributed by atoms with van der Waals surface area (Å²) in [5.41, 5.74) is 3.81. The lowest BCUT2D eigenvalue weighted by Gasteiger charge is -2.18. The summed E-state index contributed by atoms with van der Waals surface area (Å²) in [7, 11) is 0. The molecule has 0 aliphatic rings. The molecule has 40 heavy (non-hydrogen) atoms. The fraction of sp³-hybridized carbons (Fsp3) is 0.242. The van der Waals surface area contributed by atoms with Crippen LogP contribution < -0.4 is 10.1 Å². The standard InChI is InChI=1S/C33H34N2O5/c1-3-10-27(22-31(36)25-11-6-4-7-12-25)34-30(33(37)38)21-24-15-17-28(18-16-24)39-20-19-29-23(2)40-32(35-29)26-13-8-5-9-14-26/h4-9,11-18,22,30,34H,3,10,19-21H2,1-2H3,(H,37,38)/b27-22-. The monoisotopic (exact) mass is 538 g/mol. The van der Waals surface area contributed by atoms with Gasteiger partial charge < -0.3 is 19.6 Å². The lowest BCUT2D eigenvalue weighted by atomic mass is 10.0. The van der Waals surface area contributed by atoms with Crippen LogP contribution in [0, 0.1) is 6.92 Å². The third-order valence-electron chi connectivity index (χ3n) is 6.42. The Bertz CT molecular complexity index is 1430. The average molecular weight is 539 g/mol. The average Bonchev–Trinajstić information content (AvgIpc) is 3.34. The molecule has 0 radical (unpaired) electrons. The number of hydrogen-bond acceptors (Lipinski definition) is 6. The van der Waals surface area contributed by atoms with Gasteiger partial charge >= 0.3 is 5.97 Å². The van der Waals surface area contributed by atoms with E-state index in [0.29, 0.717) is 42.3 Å². The zero-order valence-corrected chi connectivity index (χ0v) is 22.8. The maximum absolute atomic E-state index is 12.7. The Hall–Kier alpha value is -4.65. The topological polar surface area (TPSA) is 102 Å². The molecule has 4 rings (SSSR count). The zero-order chi connectivity index (χ0) is 28.3. The minimum Gasteiger partial charge on any atom is -0.493 e. The summed E-state index contributed by atoms with van der Waals surface area (Å²) in [4.78, 5) is 29.3. The first-order valence-electron chi connectivity index (χ1n) is 13.5. The molecule has 7 heteroatoms. The number of ketones is 1. The van der Waals surface area contributed by atoms with Crippen molar-refractivity contribution < 1.29 is 23.8 Å². The third kappa shape index (κ3) is 7.93. The Morgan fingerprint density at radius 2 is 1.68 bits per heavy atom. The molecule has 0 spiro atoms. The van der Waals surface area contributed by atoms with E-state index >= 15 is 0 Å².